The van der Waals surface area contributed by atoms with Crippen molar-refractivity contribution in [3.05, 3.63) is 150 Å². The smallest absolute Gasteiger partial charge is 0.243 e. The largest absolute Gasteiger partial charge is 0.508 e. The molecule has 0 saturated heterocycles. The summed E-state index contributed by atoms with van der Waals surface area (Å²) >= 11 is 4.12. The van der Waals surface area contributed by atoms with E-state index in [9.17, 15) is 38.7 Å². The number of thiol groups is 1. The van der Waals surface area contributed by atoms with E-state index in [0.717, 1.165) is 16.3 Å². The van der Waals surface area contributed by atoms with Gasteiger partial charge in [0.2, 0.25) is 41.4 Å². The van der Waals surface area contributed by atoms with Gasteiger partial charge in [0.15, 0.2) is 0 Å². The minimum absolute atomic E-state index is 0.0177. The summed E-state index contributed by atoms with van der Waals surface area (Å²) in [6.07, 6.45) is -0.366. The minimum atomic E-state index is -1.32. The first-order chi connectivity index (χ1) is 30.9. The SMILES string of the molecule is NC(=O)CC[C@H](NC(=O)[C@H](Cc1ccc(O)cc1)NC(=O)[C@H](Cc1ccccc1)NC(=O)[C@H](Cc1ccccc1)NC(=O)CNC(=O)Cc1ccc2ccccc2c1)C(=O)NCCS. The second-order valence-electron chi connectivity index (χ2n) is 15.2. The highest BCUT2D eigenvalue weighted by Gasteiger charge is 2.32. The van der Waals surface area contributed by atoms with Gasteiger partial charge in [-0.05, 0) is 51.6 Å². The van der Waals surface area contributed by atoms with Gasteiger partial charge in [0.05, 0.1) is 13.0 Å². The van der Waals surface area contributed by atoms with Gasteiger partial charge >= 0.3 is 0 Å². The first-order valence-corrected chi connectivity index (χ1v) is 21.5. The molecule has 16 heteroatoms. The molecule has 0 aliphatic rings. The van der Waals surface area contributed by atoms with Gasteiger partial charge in [-0.1, -0.05) is 115 Å². The van der Waals surface area contributed by atoms with E-state index >= 15 is 0 Å². The Morgan fingerprint density at radius 2 is 1.00 bits per heavy atom. The van der Waals surface area contributed by atoms with E-state index in [1.807, 2.05) is 48.5 Å². The van der Waals surface area contributed by atoms with E-state index in [0.29, 0.717) is 22.4 Å². The van der Waals surface area contributed by atoms with Crippen molar-refractivity contribution >= 4 is 64.8 Å². The van der Waals surface area contributed by atoms with Crippen LogP contribution in [0.5, 0.6) is 5.75 Å². The van der Waals surface area contributed by atoms with Gasteiger partial charge < -0.3 is 42.7 Å². The number of fused-ring (bicyclic) bond motifs is 1. The number of nitrogens with two attached hydrogens (primary N) is 1. The Labute approximate surface area is 376 Å². The third-order valence-corrected chi connectivity index (χ3v) is 10.4. The standard InChI is InChI=1S/C48H53N7O8S/c49-42(57)22-21-38(45(60)50-23-24-64)53-47(62)41(28-33-16-19-37(56)20-17-33)55-48(63)40(27-32-11-5-2-6-12-32)54-46(61)39(26-31-9-3-1-4-10-31)52-44(59)30-51-43(58)29-34-15-18-35-13-7-8-14-36(35)25-34/h1-20,25,38-41,56,64H,21-24,26-30H2,(H2,49,57)(H,50,60)(H,51,58)(H,52,59)(H,53,62)(H,54,61)(H,55,63)/t38-,39-,40-,41-/m0/s1. The highest BCUT2D eigenvalue weighted by Crippen LogP contribution is 2.17. The summed E-state index contributed by atoms with van der Waals surface area (Å²) in [5.74, 6) is -4.22. The Kier molecular flexibility index (Phi) is 18.3. The first-order valence-electron chi connectivity index (χ1n) is 20.8. The summed E-state index contributed by atoms with van der Waals surface area (Å²) in [4.78, 5) is 93.7. The van der Waals surface area contributed by atoms with E-state index in [4.69, 9.17) is 5.73 Å². The molecule has 15 nitrogen and oxygen atoms in total. The topological polar surface area (TPSA) is 238 Å². The molecule has 5 rings (SSSR count). The second-order valence-corrected chi connectivity index (χ2v) is 15.7. The van der Waals surface area contributed by atoms with E-state index < -0.39 is 72.1 Å². The third-order valence-electron chi connectivity index (χ3n) is 10.2. The van der Waals surface area contributed by atoms with Crippen molar-refractivity contribution in [1.82, 2.24) is 31.9 Å². The average molecular weight is 888 g/mol. The lowest BCUT2D eigenvalue weighted by Gasteiger charge is -2.27. The van der Waals surface area contributed by atoms with Crippen LogP contribution in [0.4, 0.5) is 0 Å². The number of hydrogen-bond donors (Lipinski definition) is 9. The molecule has 7 amide bonds. The van der Waals surface area contributed by atoms with Crippen LogP contribution >= 0.6 is 12.6 Å². The quantitative estimate of drug-likeness (QED) is 0.0440. The van der Waals surface area contributed by atoms with Crippen molar-refractivity contribution < 1.29 is 38.7 Å². The predicted octanol–water partition coefficient (Wildman–Crippen LogP) is 2.18. The zero-order valence-corrected chi connectivity index (χ0v) is 36.0. The molecule has 0 unspecified atom stereocenters. The van der Waals surface area contributed by atoms with Crippen LogP contribution < -0.4 is 37.6 Å². The molecule has 0 saturated carbocycles. The van der Waals surface area contributed by atoms with Gasteiger partial charge in [0.25, 0.3) is 0 Å². The third kappa shape index (κ3) is 15.6. The van der Waals surface area contributed by atoms with Crippen molar-refractivity contribution in [3.8, 4) is 5.75 Å². The van der Waals surface area contributed by atoms with Crippen LogP contribution in [-0.2, 0) is 59.2 Å². The van der Waals surface area contributed by atoms with E-state index in [1.54, 1.807) is 66.7 Å². The van der Waals surface area contributed by atoms with Crippen LogP contribution in [0.1, 0.15) is 35.1 Å². The van der Waals surface area contributed by atoms with Crippen LogP contribution in [0.15, 0.2) is 127 Å². The number of primary amides is 1. The van der Waals surface area contributed by atoms with Crippen molar-refractivity contribution in [2.24, 2.45) is 5.73 Å². The number of carbonyl (C=O) groups is 7. The lowest BCUT2D eigenvalue weighted by Crippen LogP contribution is -2.59. The predicted molar refractivity (Wildman–Crippen MR) is 246 cm³/mol. The van der Waals surface area contributed by atoms with Crippen molar-refractivity contribution in [2.45, 2.75) is 62.7 Å². The molecular formula is C48H53N7O8S. The number of benzene rings is 5. The van der Waals surface area contributed by atoms with E-state index in [1.165, 1.54) is 12.1 Å². The van der Waals surface area contributed by atoms with Crippen molar-refractivity contribution in [2.75, 3.05) is 18.8 Å². The summed E-state index contributed by atoms with van der Waals surface area (Å²) < 4.78 is 0. The van der Waals surface area contributed by atoms with Crippen LogP contribution in [0.2, 0.25) is 0 Å². The molecule has 0 bridgehead atoms. The summed E-state index contributed by atoms with van der Waals surface area (Å²) in [6.45, 7) is -0.230. The molecule has 0 aromatic heterocycles. The summed E-state index contributed by atoms with van der Waals surface area (Å²) in [7, 11) is 0. The fourth-order valence-electron chi connectivity index (χ4n) is 6.89. The summed E-state index contributed by atoms with van der Waals surface area (Å²) in [5, 5.41) is 28.1. The molecule has 0 heterocycles. The Balaban J connectivity index is 1.34. The molecule has 5 aromatic carbocycles. The zero-order chi connectivity index (χ0) is 45.8. The monoisotopic (exact) mass is 887 g/mol. The maximum absolute atomic E-state index is 14.4. The molecule has 0 spiro atoms. The van der Waals surface area contributed by atoms with Crippen LogP contribution in [0.25, 0.3) is 10.8 Å². The number of carbonyl (C=O) groups excluding carboxylic acids is 7. The molecule has 0 fully saturated rings. The molecule has 9 N–H and O–H groups in total. The Morgan fingerprint density at radius 1 is 0.516 bits per heavy atom. The number of phenolic OH excluding ortho intramolecular Hbond substituents is 1. The number of phenols is 1. The van der Waals surface area contributed by atoms with Gasteiger partial charge in [-0.3, -0.25) is 33.6 Å². The van der Waals surface area contributed by atoms with Gasteiger partial charge in [0.1, 0.15) is 29.9 Å². The molecule has 334 valence electrons. The second kappa shape index (κ2) is 24.4. The Hall–Kier alpha value is -7.20. The number of amides is 7. The first kappa shape index (κ1) is 47.8. The fraction of sp³-hybridized carbons (Fsp3) is 0.271. The normalized spacial score (nSPS) is 12.7. The lowest BCUT2D eigenvalue weighted by atomic mass is 10.0. The number of aromatic hydroxyl groups is 1. The summed E-state index contributed by atoms with van der Waals surface area (Å²) in [6, 6.07) is 32.2. The fourth-order valence-corrected chi connectivity index (χ4v) is 7.00. The maximum Gasteiger partial charge on any atom is 0.243 e. The van der Waals surface area contributed by atoms with Gasteiger partial charge in [-0.25, -0.2) is 0 Å². The van der Waals surface area contributed by atoms with Gasteiger partial charge in [0, 0.05) is 38.0 Å². The molecular weight excluding hydrogens is 835 g/mol. The van der Waals surface area contributed by atoms with Gasteiger partial charge in [-0.15, -0.1) is 0 Å². The highest BCUT2D eigenvalue weighted by atomic mass is 32.1. The van der Waals surface area contributed by atoms with E-state index in [-0.39, 0.29) is 50.8 Å². The van der Waals surface area contributed by atoms with Crippen molar-refractivity contribution in [3.63, 3.8) is 0 Å². The van der Waals surface area contributed by atoms with E-state index in [2.05, 4.69) is 44.5 Å². The number of nitrogens with one attached hydrogen (secondary N) is 6. The summed E-state index contributed by atoms with van der Waals surface area (Å²) in [5.41, 5.74) is 8.05. The molecule has 64 heavy (non-hydrogen) atoms. The molecule has 0 aliphatic carbocycles. The van der Waals surface area contributed by atoms with Crippen LogP contribution in [0, 0.1) is 0 Å². The highest BCUT2D eigenvalue weighted by molar-refractivity contribution is 7.80. The number of rotatable bonds is 23. The molecule has 4 atom stereocenters. The van der Waals surface area contributed by atoms with Crippen LogP contribution in [-0.4, -0.2) is 89.5 Å². The Bertz CT molecular complexity index is 2380. The lowest BCUT2D eigenvalue weighted by molar-refractivity contribution is -0.134. The number of hydrogen-bond acceptors (Lipinski definition) is 9. The average Bonchev–Trinajstić information content (AvgIpc) is 3.29. The Morgan fingerprint density at radius 3 is 1.55 bits per heavy atom. The van der Waals surface area contributed by atoms with Gasteiger partial charge in [-0.2, -0.15) is 12.6 Å². The molecule has 0 radical (unpaired) electrons. The molecule has 0 aliphatic heterocycles. The van der Waals surface area contributed by atoms with Crippen molar-refractivity contribution in [1.29, 1.82) is 0 Å². The maximum atomic E-state index is 14.4. The zero-order valence-electron chi connectivity index (χ0n) is 35.1. The minimum Gasteiger partial charge on any atom is -0.508 e. The molecule has 5 aromatic rings. The van der Waals surface area contributed by atoms with Crippen LogP contribution in [0.3, 0.4) is 0 Å².